The van der Waals surface area contributed by atoms with Gasteiger partial charge in [0, 0.05) is 23.7 Å². The van der Waals surface area contributed by atoms with E-state index in [0.29, 0.717) is 23.3 Å². The van der Waals surface area contributed by atoms with E-state index in [1.165, 1.54) is 24.1 Å². The van der Waals surface area contributed by atoms with E-state index < -0.39 is 27.6 Å². The van der Waals surface area contributed by atoms with Crippen molar-refractivity contribution in [1.29, 1.82) is 0 Å². The van der Waals surface area contributed by atoms with E-state index in [4.69, 9.17) is 16.3 Å². The first-order valence-electron chi connectivity index (χ1n) is 8.39. The molecule has 0 aromatic heterocycles. The molecule has 2 aromatic rings. The van der Waals surface area contributed by atoms with Crippen molar-refractivity contribution in [3.05, 3.63) is 64.4 Å². The van der Waals surface area contributed by atoms with E-state index in [0.717, 1.165) is 0 Å². The maximum absolute atomic E-state index is 14.1. The Hall–Kier alpha value is -2.12. The Balaban J connectivity index is 1.95. The van der Waals surface area contributed by atoms with Gasteiger partial charge in [0.15, 0.2) is 9.84 Å². The minimum atomic E-state index is -3.21. The molecule has 1 fully saturated rings. The van der Waals surface area contributed by atoms with Gasteiger partial charge in [-0.3, -0.25) is 4.79 Å². The lowest BCUT2D eigenvalue weighted by atomic mass is 10.1. The second kappa shape index (κ2) is 7.86. The molecule has 1 aliphatic heterocycles. The molecule has 5 nitrogen and oxygen atoms in total. The standard InChI is InChI=1S/C19H19ClFNO4S/c1-26-18-7-6-13(10-16(18)20)19(23)22(15-8-9-27(24,25)12-15)11-14-4-2-3-5-17(14)21/h2-7,10,15H,8-9,11-12H2,1H3/t15-/m1/s1. The summed E-state index contributed by atoms with van der Waals surface area (Å²) in [6.07, 6.45) is 0.326. The van der Waals surface area contributed by atoms with Crippen molar-refractivity contribution in [1.82, 2.24) is 4.90 Å². The highest BCUT2D eigenvalue weighted by molar-refractivity contribution is 7.91. The Bertz CT molecular complexity index is 964. The van der Waals surface area contributed by atoms with Crippen LogP contribution in [-0.2, 0) is 16.4 Å². The highest BCUT2D eigenvalue weighted by atomic mass is 35.5. The number of ether oxygens (including phenoxy) is 1. The van der Waals surface area contributed by atoms with E-state index in [1.807, 2.05) is 0 Å². The Morgan fingerprint density at radius 1 is 1.30 bits per heavy atom. The van der Waals surface area contributed by atoms with Crippen LogP contribution in [0.15, 0.2) is 42.5 Å². The van der Waals surface area contributed by atoms with Crippen LogP contribution in [0.5, 0.6) is 5.75 Å². The number of sulfone groups is 1. The Morgan fingerprint density at radius 2 is 2.04 bits per heavy atom. The van der Waals surface area contributed by atoms with Crippen molar-refractivity contribution in [3.63, 3.8) is 0 Å². The fourth-order valence-electron chi connectivity index (χ4n) is 3.16. The predicted molar refractivity (Wildman–Crippen MR) is 101 cm³/mol. The van der Waals surface area contributed by atoms with Crippen molar-refractivity contribution in [2.24, 2.45) is 0 Å². The molecule has 0 spiro atoms. The number of hydrogen-bond donors (Lipinski definition) is 0. The van der Waals surface area contributed by atoms with Gasteiger partial charge in [0.05, 0.1) is 23.6 Å². The number of rotatable bonds is 5. The van der Waals surface area contributed by atoms with Gasteiger partial charge in [-0.05, 0) is 30.7 Å². The number of hydrogen-bond acceptors (Lipinski definition) is 4. The summed E-state index contributed by atoms with van der Waals surface area (Å²) >= 11 is 6.12. The number of carbonyl (C=O) groups is 1. The maximum atomic E-state index is 14.1. The van der Waals surface area contributed by atoms with Gasteiger partial charge in [-0.25, -0.2) is 12.8 Å². The Labute approximate surface area is 162 Å². The zero-order valence-corrected chi connectivity index (χ0v) is 16.3. The smallest absolute Gasteiger partial charge is 0.254 e. The summed E-state index contributed by atoms with van der Waals surface area (Å²) in [4.78, 5) is 14.5. The molecule has 3 rings (SSSR count). The van der Waals surface area contributed by atoms with Gasteiger partial charge in [-0.1, -0.05) is 29.8 Å². The monoisotopic (exact) mass is 411 g/mol. The quantitative estimate of drug-likeness (QED) is 0.757. The molecule has 27 heavy (non-hydrogen) atoms. The van der Waals surface area contributed by atoms with Crippen LogP contribution in [0.1, 0.15) is 22.3 Å². The van der Waals surface area contributed by atoms with Crippen molar-refractivity contribution in [2.45, 2.75) is 19.0 Å². The number of methoxy groups -OCH3 is 1. The zero-order chi connectivity index (χ0) is 19.6. The van der Waals surface area contributed by atoms with Crippen LogP contribution >= 0.6 is 11.6 Å². The van der Waals surface area contributed by atoms with Crippen molar-refractivity contribution in [2.75, 3.05) is 18.6 Å². The second-order valence-corrected chi connectivity index (χ2v) is 9.07. The minimum absolute atomic E-state index is 0.0160. The van der Waals surface area contributed by atoms with Crippen LogP contribution in [0.4, 0.5) is 4.39 Å². The van der Waals surface area contributed by atoms with Gasteiger partial charge >= 0.3 is 0 Å². The zero-order valence-electron chi connectivity index (χ0n) is 14.7. The van der Waals surface area contributed by atoms with Gasteiger partial charge in [0.2, 0.25) is 0 Å². The fourth-order valence-corrected chi connectivity index (χ4v) is 5.15. The van der Waals surface area contributed by atoms with Gasteiger partial charge < -0.3 is 9.64 Å². The molecule has 2 aromatic carbocycles. The molecule has 0 saturated carbocycles. The summed E-state index contributed by atoms with van der Waals surface area (Å²) < 4.78 is 43.0. The van der Waals surface area contributed by atoms with Crippen LogP contribution in [0.3, 0.4) is 0 Å². The van der Waals surface area contributed by atoms with E-state index in [9.17, 15) is 17.6 Å². The normalized spacial score (nSPS) is 18.3. The van der Waals surface area contributed by atoms with E-state index in [1.54, 1.807) is 30.3 Å². The summed E-state index contributed by atoms with van der Waals surface area (Å²) in [5, 5.41) is 0.272. The second-order valence-electron chi connectivity index (χ2n) is 6.43. The first-order chi connectivity index (χ1) is 12.8. The summed E-state index contributed by atoms with van der Waals surface area (Å²) in [6.45, 7) is -0.0185. The van der Waals surface area contributed by atoms with Crippen molar-refractivity contribution in [3.8, 4) is 5.75 Å². The molecule has 1 saturated heterocycles. The summed E-state index contributed by atoms with van der Waals surface area (Å²) in [6, 6.07) is 10.2. The molecule has 1 aliphatic rings. The van der Waals surface area contributed by atoms with Crippen LogP contribution in [0.2, 0.25) is 5.02 Å². The summed E-state index contributed by atoms with van der Waals surface area (Å²) in [7, 11) is -1.74. The van der Waals surface area contributed by atoms with Crippen LogP contribution < -0.4 is 4.74 Å². The predicted octanol–water partition coefficient (Wildman–Crippen LogP) is 3.32. The average Bonchev–Trinajstić information content (AvgIpc) is 3.00. The lowest BCUT2D eigenvalue weighted by Crippen LogP contribution is -2.40. The molecule has 0 unspecified atom stereocenters. The van der Waals surface area contributed by atoms with Crippen LogP contribution in [0.25, 0.3) is 0 Å². The average molecular weight is 412 g/mol. The maximum Gasteiger partial charge on any atom is 0.254 e. The molecule has 8 heteroatoms. The number of nitrogens with zero attached hydrogens (tertiary/aromatic N) is 1. The van der Waals surface area contributed by atoms with Crippen LogP contribution in [0, 0.1) is 5.82 Å². The summed E-state index contributed by atoms with van der Waals surface area (Å²) in [5.41, 5.74) is 0.621. The molecule has 0 aliphatic carbocycles. The van der Waals surface area contributed by atoms with E-state index >= 15 is 0 Å². The Kier molecular flexibility index (Phi) is 5.72. The van der Waals surface area contributed by atoms with Crippen molar-refractivity contribution < 1.29 is 22.3 Å². The van der Waals surface area contributed by atoms with Gasteiger partial charge in [-0.2, -0.15) is 0 Å². The summed E-state index contributed by atoms with van der Waals surface area (Å²) in [5.74, 6) is -0.523. The SMILES string of the molecule is COc1ccc(C(=O)N(Cc2ccccc2F)[C@@H]2CCS(=O)(=O)C2)cc1Cl. The molecular formula is C19H19ClFNO4S. The molecule has 1 atom stereocenters. The highest BCUT2D eigenvalue weighted by Gasteiger charge is 2.35. The lowest BCUT2D eigenvalue weighted by molar-refractivity contribution is 0.0679. The highest BCUT2D eigenvalue weighted by Crippen LogP contribution is 2.28. The van der Waals surface area contributed by atoms with Gasteiger partial charge in [-0.15, -0.1) is 0 Å². The van der Waals surface area contributed by atoms with Crippen molar-refractivity contribution >= 4 is 27.3 Å². The Morgan fingerprint density at radius 3 is 2.63 bits per heavy atom. The number of amides is 1. The number of carbonyl (C=O) groups excluding carboxylic acids is 1. The number of benzene rings is 2. The first-order valence-corrected chi connectivity index (χ1v) is 10.6. The molecule has 0 radical (unpaired) electrons. The fraction of sp³-hybridized carbons (Fsp3) is 0.316. The molecule has 0 bridgehead atoms. The molecule has 0 N–H and O–H groups in total. The van der Waals surface area contributed by atoms with Gasteiger partial charge in [0.25, 0.3) is 5.91 Å². The van der Waals surface area contributed by atoms with E-state index in [2.05, 4.69) is 0 Å². The largest absolute Gasteiger partial charge is 0.495 e. The molecule has 144 valence electrons. The van der Waals surface area contributed by atoms with Crippen LogP contribution in [-0.4, -0.2) is 43.9 Å². The molecule has 1 amide bonds. The molecule has 1 heterocycles. The van der Waals surface area contributed by atoms with E-state index in [-0.39, 0.29) is 23.1 Å². The van der Waals surface area contributed by atoms with Gasteiger partial charge in [0.1, 0.15) is 11.6 Å². The number of halogens is 2. The topological polar surface area (TPSA) is 63.7 Å². The molecular weight excluding hydrogens is 393 g/mol. The third-order valence-electron chi connectivity index (χ3n) is 4.61. The third-order valence-corrected chi connectivity index (χ3v) is 6.65. The minimum Gasteiger partial charge on any atom is -0.495 e. The first kappa shape index (κ1) is 19.6. The lowest BCUT2D eigenvalue weighted by Gasteiger charge is -2.29. The third kappa shape index (κ3) is 4.42.